The van der Waals surface area contributed by atoms with E-state index in [1.807, 2.05) is 6.08 Å². The van der Waals surface area contributed by atoms with Crippen molar-refractivity contribution in [3.8, 4) is 0 Å². The van der Waals surface area contributed by atoms with Crippen LogP contribution in [-0.2, 0) is 9.59 Å². The zero-order chi connectivity index (χ0) is 22.6. The number of aliphatic hydroxyl groups excluding tert-OH is 1. The quantitative estimate of drug-likeness (QED) is 0.683. The lowest BCUT2D eigenvalue weighted by atomic mass is 9.46. The molecule has 0 aromatic heterocycles. The first kappa shape index (κ1) is 23.0. The molecule has 0 bridgehead atoms. The minimum Gasteiger partial charge on any atom is -0.550 e. The molecule has 0 aromatic carbocycles. The van der Waals surface area contributed by atoms with Gasteiger partial charge in [0.05, 0.1) is 6.10 Å². The predicted molar refractivity (Wildman–Crippen MR) is 119 cm³/mol. The van der Waals surface area contributed by atoms with Gasteiger partial charge >= 0.3 is 0 Å². The number of ketones is 1. The Morgan fingerprint density at radius 3 is 2.58 bits per heavy atom. The Kier molecular flexibility index (Phi) is 6.17. The molecule has 4 aliphatic carbocycles. The van der Waals surface area contributed by atoms with Crippen LogP contribution in [0.4, 0.5) is 0 Å². The molecular formula is C27H41O4-. The van der Waals surface area contributed by atoms with Gasteiger partial charge in [-0.05, 0) is 97.9 Å². The second-order valence-electron chi connectivity index (χ2n) is 12.0. The highest BCUT2D eigenvalue weighted by molar-refractivity contribution is 5.94. The van der Waals surface area contributed by atoms with Crippen molar-refractivity contribution in [2.45, 2.75) is 98.0 Å². The summed E-state index contributed by atoms with van der Waals surface area (Å²) in [7, 11) is 0. The number of aliphatic hydroxyl groups is 1. The average molecular weight is 430 g/mol. The van der Waals surface area contributed by atoms with Crippen molar-refractivity contribution < 1.29 is 19.8 Å². The lowest BCUT2D eigenvalue weighted by Gasteiger charge is -2.57. The van der Waals surface area contributed by atoms with Crippen LogP contribution >= 0.6 is 0 Å². The Hall–Kier alpha value is -1.16. The van der Waals surface area contributed by atoms with Crippen LogP contribution in [-0.4, -0.2) is 23.0 Å². The summed E-state index contributed by atoms with van der Waals surface area (Å²) in [6.45, 7) is 8.91. The number of aliphatic carboxylic acids is 1. The summed E-state index contributed by atoms with van der Waals surface area (Å²) >= 11 is 0. The molecule has 0 heterocycles. The number of allylic oxidation sites excluding steroid dienone is 1. The molecule has 3 saturated carbocycles. The molecule has 0 saturated heterocycles. The van der Waals surface area contributed by atoms with Crippen molar-refractivity contribution in [1.82, 2.24) is 0 Å². The van der Waals surface area contributed by atoms with Crippen LogP contribution in [0.15, 0.2) is 11.6 Å². The van der Waals surface area contributed by atoms with E-state index in [0.29, 0.717) is 42.3 Å². The van der Waals surface area contributed by atoms with Gasteiger partial charge in [0.25, 0.3) is 0 Å². The Labute approximate surface area is 187 Å². The van der Waals surface area contributed by atoms with Gasteiger partial charge in [0.2, 0.25) is 0 Å². The highest BCUT2D eigenvalue weighted by Gasteiger charge is 2.61. The van der Waals surface area contributed by atoms with E-state index in [0.717, 1.165) is 38.5 Å². The molecule has 3 fully saturated rings. The minimum absolute atomic E-state index is 0.0871. The maximum Gasteiger partial charge on any atom is 0.159 e. The van der Waals surface area contributed by atoms with Crippen LogP contribution in [0, 0.1) is 46.3 Å². The Balaban J connectivity index is 1.49. The molecule has 4 rings (SSSR count). The van der Waals surface area contributed by atoms with Crippen LogP contribution in [0.25, 0.3) is 0 Å². The number of rotatable bonds is 6. The summed E-state index contributed by atoms with van der Waals surface area (Å²) < 4.78 is 0. The molecule has 31 heavy (non-hydrogen) atoms. The van der Waals surface area contributed by atoms with E-state index in [2.05, 4.69) is 20.8 Å². The SMILES string of the molecule is C[C@H](CCC[C@@H](C)[C@H]1CC[C@H]2[C@@H]3C(=O)C=C4C[C@@H](O)CC[C@]4(C)[C@H]3CC[C@]12C)C(=O)[O-]. The number of carboxylic acid groups (broad SMARTS) is 1. The number of carboxylic acids is 1. The van der Waals surface area contributed by atoms with Gasteiger partial charge in [-0.2, -0.15) is 0 Å². The number of hydrogen-bond acceptors (Lipinski definition) is 4. The van der Waals surface area contributed by atoms with Crippen LogP contribution in [0.2, 0.25) is 0 Å². The first-order valence-electron chi connectivity index (χ1n) is 12.7. The van der Waals surface area contributed by atoms with Crippen LogP contribution in [0.1, 0.15) is 91.9 Å². The third kappa shape index (κ3) is 3.81. The molecule has 9 atom stereocenters. The molecule has 0 unspecified atom stereocenters. The smallest absolute Gasteiger partial charge is 0.159 e. The van der Waals surface area contributed by atoms with E-state index in [1.54, 1.807) is 6.92 Å². The molecule has 4 nitrogen and oxygen atoms in total. The summed E-state index contributed by atoms with van der Waals surface area (Å²) in [4.78, 5) is 24.4. The van der Waals surface area contributed by atoms with Crippen molar-refractivity contribution in [2.75, 3.05) is 0 Å². The first-order valence-corrected chi connectivity index (χ1v) is 12.7. The van der Waals surface area contributed by atoms with Gasteiger partial charge in [0.1, 0.15) is 0 Å². The fraction of sp³-hybridized carbons (Fsp3) is 0.852. The Morgan fingerprint density at radius 1 is 1.13 bits per heavy atom. The lowest BCUT2D eigenvalue weighted by Crippen LogP contribution is -2.53. The standard InChI is InChI=1S/C27H42O4/c1-16(6-5-7-17(2)25(30)31)20-8-9-21-24-22(11-13-27(20,21)4)26(3)12-10-19(28)14-18(26)15-23(24)29/h15-17,19-22,24,28H,5-14H2,1-4H3,(H,30,31)/p-1/t16-,17-,19+,20-,21+,22+,24+,26+,27-/m1/s1. The van der Waals surface area contributed by atoms with E-state index in [9.17, 15) is 19.8 Å². The topological polar surface area (TPSA) is 77.4 Å². The zero-order valence-electron chi connectivity index (χ0n) is 19.9. The van der Waals surface area contributed by atoms with Gasteiger partial charge in [0, 0.05) is 11.9 Å². The highest BCUT2D eigenvalue weighted by atomic mass is 16.4. The van der Waals surface area contributed by atoms with Gasteiger partial charge in [-0.3, -0.25) is 4.79 Å². The fourth-order valence-corrected chi connectivity index (χ4v) is 8.42. The minimum atomic E-state index is -0.939. The molecule has 0 aromatic rings. The molecule has 0 radical (unpaired) electrons. The second-order valence-corrected chi connectivity index (χ2v) is 12.0. The number of fused-ring (bicyclic) bond motifs is 5. The van der Waals surface area contributed by atoms with Crippen molar-refractivity contribution >= 4 is 11.8 Å². The maximum absolute atomic E-state index is 13.4. The zero-order valence-corrected chi connectivity index (χ0v) is 19.9. The molecule has 1 N–H and O–H groups in total. The van der Waals surface area contributed by atoms with Gasteiger partial charge in [-0.1, -0.05) is 46.1 Å². The van der Waals surface area contributed by atoms with Gasteiger partial charge in [0.15, 0.2) is 5.78 Å². The van der Waals surface area contributed by atoms with E-state index in [4.69, 9.17) is 0 Å². The van der Waals surface area contributed by atoms with Crippen LogP contribution in [0.5, 0.6) is 0 Å². The Bertz CT molecular complexity index is 756. The highest BCUT2D eigenvalue weighted by Crippen LogP contribution is 2.66. The van der Waals surface area contributed by atoms with Crippen molar-refractivity contribution in [3.05, 3.63) is 11.6 Å². The summed E-state index contributed by atoms with van der Waals surface area (Å²) in [5.41, 5.74) is 1.52. The molecule has 4 heteroatoms. The van der Waals surface area contributed by atoms with E-state index < -0.39 is 5.97 Å². The van der Waals surface area contributed by atoms with Crippen molar-refractivity contribution in [2.24, 2.45) is 46.3 Å². The summed E-state index contributed by atoms with van der Waals surface area (Å²) in [6.07, 6.45) is 11.6. The number of hydrogen-bond donors (Lipinski definition) is 1. The third-order valence-electron chi connectivity index (χ3n) is 10.4. The predicted octanol–water partition coefficient (Wildman–Crippen LogP) is 4.30. The monoisotopic (exact) mass is 429 g/mol. The van der Waals surface area contributed by atoms with Crippen molar-refractivity contribution in [1.29, 1.82) is 0 Å². The molecule has 0 spiro atoms. The van der Waals surface area contributed by atoms with Crippen molar-refractivity contribution in [3.63, 3.8) is 0 Å². The fourth-order valence-electron chi connectivity index (χ4n) is 8.42. The van der Waals surface area contributed by atoms with Gasteiger partial charge in [-0.15, -0.1) is 0 Å². The molecule has 0 aliphatic heterocycles. The van der Waals surface area contributed by atoms with E-state index in [-0.39, 0.29) is 28.8 Å². The van der Waals surface area contributed by atoms with E-state index in [1.165, 1.54) is 18.4 Å². The summed E-state index contributed by atoms with van der Waals surface area (Å²) in [6, 6.07) is 0. The van der Waals surface area contributed by atoms with E-state index >= 15 is 0 Å². The third-order valence-corrected chi connectivity index (χ3v) is 10.4. The average Bonchev–Trinajstić information content (AvgIpc) is 3.06. The van der Waals surface area contributed by atoms with Gasteiger partial charge < -0.3 is 15.0 Å². The van der Waals surface area contributed by atoms with Crippen LogP contribution in [0.3, 0.4) is 0 Å². The molecule has 4 aliphatic rings. The normalized spacial score (nSPS) is 44.0. The Morgan fingerprint density at radius 2 is 1.87 bits per heavy atom. The number of carbonyl (C=O) groups is 2. The number of carbonyl (C=O) groups excluding carboxylic acids is 2. The molecular weight excluding hydrogens is 388 g/mol. The largest absolute Gasteiger partial charge is 0.550 e. The maximum atomic E-state index is 13.4. The molecule has 174 valence electrons. The lowest BCUT2D eigenvalue weighted by molar-refractivity contribution is -0.311. The second kappa shape index (κ2) is 8.32. The van der Waals surface area contributed by atoms with Gasteiger partial charge in [-0.25, -0.2) is 0 Å². The van der Waals surface area contributed by atoms with Crippen LogP contribution < -0.4 is 5.11 Å². The summed E-state index contributed by atoms with van der Waals surface area (Å²) in [5.74, 6) is 1.26. The summed E-state index contributed by atoms with van der Waals surface area (Å²) in [5, 5.41) is 21.2. The molecule has 0 amide bonds. The first-order chi connectivity index (χ1) is 14.6.